The largest absolute Gasteiger partial charge is 0.497 e. The van der Waals surface area contributed by atoms with E-state index in [1.165, 1.54) is 35.3 Å². The zero-order valence-corrected chi connectivity index (χ0v) is 25.5. The summed E-state index contributed by atoms with van der Waals surface area (Å²) in [5.41, 5.74) is 2.17. The summed E-state index contributed by atoms with van der Waals surface area (Å²) < 4.78 is 34.9. The van der Waals surface area contributed by atoms with Crippen LogP contribution in [-0.2, 0) is 11.3 Å². The molecular formula is C32H26F2N6O3S2. The number of thiophene rings is 1. The SMILES string of the molecule is COc1ccc(C2CC(c3cccs3)=NN2C(=O)CSc2nnc(CNC(=O)c3ccccc3F)n2-c2ccc(F)cc2)cc1. The lowest BCUT2D eigenvalue weighted by molar-refractivity contribution is -0.130. The average molecular weight is 645 g/mol. The molecule has 0 saturated carbocycles. The van der Waals surface area contributed by atoms with Crippen LogP contribution in [0.2, 0.25) is 0 Å². The van der Waals surface area contributed by atoms with Crippen molar-refractivity contribution in [1.82, 2.24) is 25.1 Å². The summed E-state index contributed by atoms with van der Waals surface area (Å²) in [6.07, 6.45) is 0.556. The zero-order valence-electron chi connectivity index (χ0n) is 23.9. The van der Waals surface area contributed by atoms with Crippen LogP contribution < -0.4 is 10.1 Å². The maximum absolute atomic E-state index is 14.1. The molecule has 3 heterocycles. The third-order valence-electron chi connectivity index (χ3n) is 7.11. The van der Waals surface area contributed by atoms with Crippen molar-refractivity contribution < 1.29 is 23.1 Å². The molecule has 0 radical (unpaired) electrons. The molecule has 0 spiro atoms. The quantitative estimate of drug-likeness (QED) is 0.187. The second-order valence-electron chi connectivity index (χ2n) is 9.92. The van der Waals surface area contributed by atoms with Crippen LogP contribution in [-0.4, -0.2) is 50.2 Å². The molecule has 1 unspecified atom stereocenters. The second-order valence-corrected chi connectivity index (χ2v) is 11.8. The fraction of sp³-hybridized carbons (Fsp3) is 0.156. The number of nitrogens with zero attached hydrogens (tertiary/aromatic N) is 5. The number of hydrogen-bond donors (Lipinski definition) is 1. The Kier molecular flexibility index (Phi) is 8.98. The molecule has 0 bridgehead atoms. The maximum atomic E-state index is 14.1. The molecule has 228 valence electrons. The number of carbonyl (C=O) groups excluding carboxylic acids is 2. The van der Waals surface area contributed by atoms with Crippen LogP contribution in [0.5, 0.6) is 5.75 Å². The number of benzene rings is 3. The highest BCUT2D eigenvalue weighted by Gasteiger charge is 2.34. The van der Waals surface area contributed by atoms with Gasteiger partial charge in [0.05, 0.1) is 41.6 Å². The first-order chi connectivity index (χ1) is 21.9. The molecule has 1 aliphatic rings. The molecular weight excluding hydrogens is 619 g/mol. The third-order valence-corrected chi connectivity index (χ3v) is 8.94. The number of hydrazone groups is 1. The predicted octanol–water partition coefficient (Wildman–Crippen LogP) is 6.02. The van der Waals surface area contributed by atoms with E-state index in [1.54, 1.807) is 41.2 Å². The molecule has 2 aromatic heterocycles. The summed E-state index contributed by atoms with van der Waals surface area (Å²) in [4.78, 5) is 27.4. The molecule has 9 nitrogen and oxygen atoms in total. The van der Waals surface area contributed by atoms with Crippen LogP contribution in [0.25, 0.3) is 5.69 Å². The molecule has 2 amide bonds. The van der Waals surface area contributed by atoms with Gasteiger partial charge in [0.15, 0.2) is 11.0 Å². The average Bonchev–Trinajstić information content (AvgIpc) is 3.84. The van der Waals surface area contributed by atoms with E-state index in [-0.39, 0.29) is 29.8 Å². The van der Waals surface area contributed by atoms with Gasteiger partial charge in [-0.15, -0.1) is 21.5 Å². The van der Waals surface area contributed by atoms with Crippen molar-refractivity contribution in [3.63, 3.8) is 0 Å². The first-order valence-electron chi connectivity index (χ1n) is 13.8. The van der Waals surface area contributed by atoms with E-state index in [1.807, 2.05) is 41.8 Å². The summed E-state index contributed by atoms with van der Waals surface area (Å²) in [6.45, 7) is -0.0911. The molecule has 45 heavy (non-hydrogen) atoms. The van der Waals surface area contributed by atoms with Gasteiger partial charge in [-0.05, 0) is 65.5 Å². The Bertz CT molecular complexity index is 1840. The molecule has 13 heteroatoms. The highest BCUT2D eigenvalue weighted by atomic mass is 32.2. The minimum absolute atomic E-state index is 0.0191. The fourth-order valence-electron chi connectivity index (χ4n) is 4.87. The van der Waals surface area contributed by atoms with Crippen molar-refractivity contribution in [2.45, 2.75) is 24.2 Å². The van der Waals surface area contributed by atoms with Crippen molar-refractivity contribution in [3.8, 4) is 11.4 Å². The number of hydrogen-bond acceptors (Lipinski definition) is 8. The Morgan fingerprint density at radius 2 is 1.78 bits per heavy atom. The number of aromatic nitrogens is 3. The highest BCUT2D eigenvalue weighted by molar-refractivity contribution is 7.99. The minimum atomic E-state index is -0.649. The topological polar surface area (TPSA) is 102 Å². The number of rotatable bonds is 10. The third kappa shape index (κ3) is 6.64. The number of amides is 2. The Hall–Kier alpha value is -4.88. The Balaban J connectivity index is 1.24. The van der Waals surface area contributed by atoms with Gasteiger partial charge in [0.2, 0.25) is 0 Å². The minimum Gasteiger partial charge on any atom is -0.497 e. The normalized spacial score (nSPS) is 14.3. The lowest BCUT2D eigenvalue weighted by atomic mass is 10.0. The number of nitrogens with one attached hydrogen (secondary N) is 1. The van der Waals surface area contributed by atoms with Gasteiger partial charge < -0.3 is 10.1 Å². The van der Waals surface area contributed by atoms with Crippen LogP contribution in [0.1, 0.15) is 39.1 Å². The van der Waals surface area contributed by atoms with Gasteiger partial charge in [-0.3, -0.25) is 14.2 Å². The molecule has 0 fully saturated rings. The van der Waals surface area contributed by atoms with Gasteiger partial charge in [-0.25, -0.2) is 13.8 Å². The van der Waals surface area contributed by atoms with E-state index in [9.17, 15) is 18.4 Å². The van der Waals surface area contributed by atoms with Crippen LogP contribution in [0.3, 0.4) is 0 Å². The molecule has 1 aliphatic heterocycles. The van der Waals surface area contributed by atoms with E-state index in [0.29, 0.717) is 28.8 Å². The summed E-state index contributed by atoms with van der Waals surface area (Å²) in [6, 6.07) is 22.5. The predicted molar refractivity (Wildman–Crippen MR) is 168 cm³/mol. The Morgan fingerprint density at radius 3 is 2.49 bits per heavy atom. The monoisotopic (exact) mass is 644 g/mol. The van der Waals surface area contributed by atoms with Crippen LogP contribution in [0.4, 0.5) is 8.78 Å². The van der Waals surface area contributed by atoms with Gasteiger partial charge in [-0.1, -0.05) is 42.1 Å². The molecule has 5 aromatic rings. The van der Waals surface area contributed by atoms with Crippen molar-refractivity contribution in [1.29, 1.82) is 0 Å². The smallest absolute Gasteiger partial charge is 0.254 e. The van der Waals surface area contributed by atoms with E-state index < -0.39 is 17.5 Å². The molecule has 0 aliphatic carbocycles. The maximum Gasteiger partial charge on any atom is 0.254 e. The molecule has 1 N–H and O–H groups in total. The lowest BCUT2D eigenvalue weighted by Crippen LogP contribution is -2.28. The Morgan fingerprint density at radius 1 is 1.00 bits per heavy atom. The van der Waals surface area contributed by atoms with E-state index >= 15 is 0 Å². The van der Waals surface area contributed by atoms with Crippen molar-refractivity contribution >= 4 is 40.6 Å². The van der Waals surface area contributed by atoms with Crippen molar-refractivity contribution in [2.24, 2.45) is 5.10 Å². The number of methoxy groups -OCH3 is 1. The van der Waals surface area contributed by atoms with E-state index in [0.717, 1.165) is 27.9 Å². The highest BCUT2D eigenvalue weighted by Crippen LogP contribution is 2.35. The first kappa shape index (κ1) is 30.2. The molecule has 3 aromatic carbocycles. The van der Waals surface area contributed by atoms with Crippen LogP contribution >= 0.6 is 23.1 Å². The van der Waals surface area contributed by atoms with E-state index in [2.05, 4.69) is 15.5 Å². The standard InChI is InChI=1S/C32H26F2N6O3S2/c1-43-23-14-8-20(9-15-23)27-17-26(28-7-4-16-44-28)38-40(27)30(41)19-45-32-37-36-29(39(32)22-12-10-21(33)11-13-22)18-35-31(42)24-5-2-3-6-25(24)34/h2-16,27H,17-19H2,1H3,(H,35,42). The lowest BCUT2D eigenvalue weighted by Gasteiger charge is -2.22. The molecule has 1 atom stereocenters. The second kappa shape index (κ2) is 13.4. The first-order valence-corrected chi connectivity index (χ1v) is 15.7. The number of halogens is 2. The van der Waals surface area contributed by atoms with Gasteiger partial charge in [0.25, 0.3) is 11.8 Å². The fourth-order valence-corrected chi connectivity index (χ4v) is 6.41. The van der Waals surface area contributed by atoms with Crippen molar-refractivity contribution in [3.05, 3.63) is 124 Å². The van der Waals surface area contributed by atoms with Gasteiger partial charge in [0, 0.05) is 12.1 Å². The molecule has 6 rings (SSSR count). The van der Waals surface area contributed by atoms with Crippen LogP contribution in [0, 0.1) is 11.6 Å². The van der Waals surface area contributed by atoms with Crippen LogP contribution in [0.15, 0.2) is 101 Å². The molecule has 0 saturated heterocycles. The van der Waals surface area contributed by atoms with E-state index in [4.69, 9.17) is 9.84 Å². The summed E-state index contributed by atoms with van der Waals surface area (Å²) in [5.74, 6) is -0.927. The number of carbonyl (C=O) groups is 2. The summed E-state index contributed by atoms with van der Waals surface area (Å²) >= 11 is 2.71. The number of ether oxygens (including phenoxy) is 1. The van der Waals surface area contributed by atoms with Gasteiger partial charge in [0.1, 0.15) is 17.4 Å². The zero-order chi connectivity index (χ0) is 31.3. The summed E-state index contributed by atoms with van der Waals surface area (Å²) in [7, 11) is 1.60. The van der Waals surface area contributed by atoms with Gasteiger partial charge >= 0.3 is 0 Å². The Labute approximate surface area is 265 Å². The van der Waals surface area contributed by atoms with Gasteiger partial charge in [-0.2, -0.15) is 5.10 Å². The summed E-state index contributed by atoms with van der Waals surface area (Å²) in [5, 5.41) is 19.7. The number of thioether (sulfide) groups is 1. The van der Waals surface area contributed by atoms with Crippen molar-refractivity contribution in [2.75, 3.05) is 12.9 Å².